The van der Waals surface area contributed by atoms with Gasteiger partial charge < -0.3 is 14.2 Å². The largest absolute Gasteiger partial charge is 0.488 e. The highest BCUT2D eigenvalue weighted by Crippen LogP contribution is 2.42. The number of rotatable bonds is 8. The van der Waals surface area contributed by atoms with Crippen LogP contribution >= 0.6 is 11.8 Å². The maximum absolute atomic E-state index is 15.1. The molecule has 0 heterocycles. The van der Waals surface area contributed by atoms with Crippen LogP contribution in [0.15, 0.2) is 76.5 Å². The quantitative estimate of drug-likeness (QED) is 0.456. The first-order valence-corrected chi connectivity index (χ1v) is 9.35. The van der Waals surface area contributed by atoms with Crippen molar-refractivity contribution >= 4 is 11.8 Å². The number of hydrogen-bond acceptors (Lipinski definition) is 4. The molecule has 5 heteroatoms. The molecule has 27 heavy (non-hydrogen) atoms. The molecule has 0 bridgehead atoms. The molecule has 0 aromatic heterocycles. The first-order chi connectivity index (χ1) is 13.2. The van der Waals surface area contributed by atoms with Gasteiger partial charge in [-0.2, -0.15) is 0 Å². The Morgan fingerprint density at radius 1 is 0.889 bits per heavy atom. The third-order valence-electron chi connectivity index (χ3n) is 3.92. The Hall–Kier alpha value is -2.50. The second-order valence-electron chi connectivity index (χ2n) is 5.88. The topological polar surface area (TPSA) is 27.7 Å². The molecule has 0 fully saturated rings. The lowest BCUT2D eigenvalue weighted by Crippen LogP contribution is -2.04. The maximum Gasteiger partial charge on any atom is 0.188 e. The van der Waals surface area contributed by atoms with Crippen LogP contribution in [-0.2, 0) is 11.3 Å². The molecular formula is C22H21FO3S. The molecule has 0 unspecified atom stereocenters. The van der Waals surface area contributed by atoms with Gasteiger partial charge in [0.25, 0.3) is 0 Å². The molecule has 0 atom stereocenters. The van der Waals surface area contributed by atoms with Crippen molar-refractivity contribution in [2.75, 3.05) is 13.9 Å². The van der Waals surface area contributed by atoms with Gasteiger partial charge in [-0.3, -0.25) is 0 Å². The molecule has 3 rings (SSSR count). The van der Waals surface area contributed by atoms with Gasteiger partial charge in [0.1, 0.15) is 23.9 Å². The summed E-state index contributed by atoms with van der Waals surface area (Å²) in [5.41, 5.74) is 1.47. The Balaban J connectivity index is 1.90. The summed E-state index contributed by atoms with van der Waals surface area (Å²) in [5.74, 6) is 0.511. The highest BCUT2D eigenvalue weighted by molar-refractivity contribution is 7.99. The molecule has 0 saturated heterocycles. The first kappa shape index (κ1) is 19.3. The van der Waals surface area contributed by atoms with Crippen molar-refractivity contribution in [2.24, 2.45) is 0 Å². The smallest absolute Gasteiger partial charge is 0.188 e. The zero-order chi connectivity index (χ0) is 19.1. The number of hydrogen-bond donors (Lipinski definition) is 0. The van der Waals surface area contributed by atoms with Gasteiger partial charge >= 0.3 is 0 Å². The fraction of sp³-hybridized carbons (Fsp3) is 0.182. The van der Waals surface area contributed by atoms with E-state index in [0.29, 0.717) is 28.6 Å². The van der Waals surface area contributed by atoms with Crippen LogP contribution in [0.1, 0.15) is 11.1 Å². The lowest BCUT2D eigenvalue weighted by Gasteiger charge is -2.17. The van der Waals surface area contributed by atoms with E-state index in [1.165, 1.54) is 18.9 Å². The second kappa shape index (κ2) is 9.44. The average molecular weight is 384 g/mol. The van der Waals surface area contributed by atoms with E-state index in [2.05, 4.69) is 0 Å². The predicted octanol–water partition coefficient (Wildman–Crippen LogP) is 5.85. The van der Waals surface area contributed by atoms with Crippen LogP contribution in [0.2, 0.25) is 0 Å². The molecular weight excluding hydrogens is 363 g/mol. The van der Waals surface area contributed by atoms with Crippen LogP contribution in [0.5, 0.6) is 11.5 Å². The summed E-state index contributed by atoms with van der Waals surface area (Å²) in [5, 5.41) is 0. The van der Waals surface area contributed by atoms with Crippen molar-refractivity contribution in [1.29, 1.82) is 0 Å². The van der Waals surface area contributed by atoms with E-state index in [1.807, 2.05) is 60.7 Å². The van der Waals surface area contributed by atoms with E-state index in [-0.39, 0.29) is 12.6 Å². The summed E-state index contributed by atoms with van der Waals surface area (Å²) >= 11 is 1.32. The lowest BCUT2D eigenvalue weighted by molar-refractivity contribution is 0.0484. The minimum absolute atomic E-state index is 0.0307. The summed E-state index contributed by atoms with van der Waals surface area (Å²) in [6, 6.07) is 21.1. The molecule has 0 aliphatic heterocycles. The minimum atomic E-state index is -0.347. The minimum Gasteiger partial charge on any atom is -0.488 e. The zero-order valence-corrected chi connectivity index (χ0v) is 16.1. The van der Waals surface area contributed by atoms with Crippen LogP contribution in [0.4, 0.5) is 4.39 Å². The van der Waals surface area contributed by atoms with Crippen LogP contribution in [0.3, 0.4) is 0 Å². The number of ether oxygens (including phenoxy) is 3. The lowest BCUT2D eigenvalue weighted by atomic mass is 10.2. The zero-order valence-electron chi connectivity index (χ0n) is 15.3. The molecule has 0 saturated carbocycles. The molecule has 0 N–H and O–H groups in total. The van der Waals surface area contributed by atoms with Crippen LogP contribution in [0, 0.1) is 12.7 Å². The summed E-state index contributed by atoms with van der Waals surface area (Å²) in [6.45, 7) is 2.10. The van der Waals surface area contributed by atoms with Crippen LogP contribution < -0.4 is 9.47 Å². The van der Waals surface area contributed by atoms with E-state index in [4.69, 9.17) is 14.2 Å². The fourth-order valence-electron chi connectivity index (χ4n) is 2.50. The summed E-state index contributed by atoms with van der Waals surface area (Å²) in [7, 11) is 1.53. The van der Waals surface area contributed by atoms with Crippen molar-refractivity contribution in [1.82, 2.24) is 0 Å². The van der Waals surface area contributed by atoms with Gasteiger partial charge in [0.05, 0.1) is 4.90 Å². The number of halogens is 1. The maximum atomic E-state index is 15.1. The van der Waals surface area contributed by atoms with E-state index in [1.54, 1.807) is 13.0 Å². The molecule has 0 spiro atoms. The Labute approximate surface area is 163 Å². The number of methoxy groups -OCH3 is 1. The highest BCUT2D eigenvalue weighted by atomic mass is 32.2. The fourth-order valence-corrected chi connectivity index (χ4v) is 3.49. The van der Waals surface area contributed by atoms with Gasteiger partial charge in [-0.1, -0.05) is 60.3 Å². The van der Waals surface area contributed by atoms with E-state index in [0.717, 1.165) is 10.5 Å². The Morgan fingerprint density at radius 2 is 1.56 bits per heavy atom. The van der Waals surface area contributed by atoms with Gasteiger partial charge in [0, 0.05) is 23.6 Å². The molecule has 0 amide bonds. The van der Waals surface area contributed by atoms with Crippen LogP contribution in [0.25, 0.3) is 0 Å². The van der Waals surface area contributed by atoms with Gasteiger partial charge in [-0.05, 0) is 24.6 Å². The molecule has 0 aliphatic carbocycles. The van der Waals surface area contributed by atoms with Crippen molar-refractivity contribution in [3.05, 3.63) is 83.7 Å². The van der Waals surface area contributed by atoms with Crippen molar-refractivity contribution in [2.45, 2.75) is 23.3 Å². The molecule has 140 valence electrons. The molecule has 0 radical (unpaired) electrons. The molecule has 0 aliphatic rings. The third kappa shape index (κ3) is 5.02. The van der Waals surface area contributed by atoms with E-state index < -0.39 is 0 Å². The summed E-state index contributed by atoms with van der Waals surface area (Å²) in [6.07, 6.45) is 0. The Kier molecular flexibility index (Phi) is 6.74. The van der Waals surface area contributed by atoms with Crippen LogP contribution in [-0.4, -0.2) is 13.9 Å². The standard InChI is InChI=1S/C22H21FO3S/c1-16-19(25-14-17-9-5-3-6-10-17)13-20(26-15-24-2)22(21(16)23)27-18-11-7-4-8-12-18/h3-13H,14-15H2,1-2H3. The monoisotopic (exact) mass is 384 g/mol. The first-order valence-electron chi connectivity index (χ1n) is 8.53. The van der Waals surface area contributed by atoms with Gasteiger partial charge in [-0.15, -0.1) is 0 Å². The van der Waals surface area contributed by atoms with Gasteiger partial charge in [0.15, 0.2) is 6.79 Å². The summed E-state index contributed by atoms with van der Waals surface area (Å²) < 4.78 is 31.6. The molecule has 3 aromatic rings. The SMILES string of the molecule is COCOc1cc(OCc2ccccc2)c(C)c(F)c1Sc1ccccc1. The van der Waals surface area contributed by atoms with E-state index >= 15 is 4.39 Å². The van der Waals surface area contributed by atoms with E-state index in [9.17, 15) is 0 Å². The third-order valence-corrected chi connectivity index (χ3v) is 5.01. The van der Waals surface area contributed by atoms with Crippen molar-refractivity contribution < 1.29 is 18.6 Å². The predicted molar refractivity (Wildman–Crippen MR) is 105 cm³/mol. The van der Waals surface area contributed by atoms with Crippen molar-refractivity contribution in [3.63, 3.8) is 0 Å². The molecule has 3 aromatic carbocycles. The normalized spacial score (nSPS) is 10.6. The Bertz CT molecular complexity index is 870. The number of benzene rings is 3. The van der Waals surface area contributed by atoms with Crippen molar-refractivity contribution in [3.8, 4) is 11.5 Å². The van der Waals surface area contributed by atoms with Gasteiger partial charge in [-0.25, -0.2) is 4.39 Å². The molecule has 3 nitrogen and oxygen atoms in total. The average Bonchev–Trinajstić information content (AvgIpc) is 2.71. The highest BCUT2D eigenvalue weighted by Gasteiger charge is 2.19. The summed E-state index contributed by atoms with van der Waals surface area (Å²) in [4.78, 5) is 1.35. The van der Waals surface area contributed by atoms with Gasteiger partial charge in [0.2, 0.25) is 0 Å². The Morgan fingerprint density at radius 3 is 2.22 bits per heavy atom. The second-order valence-corrected chi connectivity index (χ2v) is 6.96.